The summed E-state index contributed by atoms with van der Waals surface area (Å²) < 4.78 is 10.2. The van der Waals surface area contributed by atoms with Crippen LogP contribution in [0.5, 0.6) is 0 Å². The molecule has 28 heavy (non-hydrogen) atoms. The molecule has 10 heteroatoms. The first-order valence-corrected chi connectivity index (χ1v) is 9.24. The Hall–Kier alpha value is -2.49. The Morgan fingerprint density at radius 2 is 1.79 bits per heavy atom. The van der Waals surface area contributed by atoms with Crippen LogP contribution >= 0.6 is 11.6 Å². The highest BCUT2D eigenvalue weighted by molar-refractivity contribution is 6.33. The number of aryl methyl sites for hydroxylation is 1. The van der Waals surface area contributed by atoms with Gasteiger partial charge in [-0.05, 0) is 24.1 Å². The van der Waals surface area contributed by atoms with Gasteiger partial charge in [0.25, 0.3) is 0 Å². The molecule has 0 fully saturated rings. The Morgan fingerprint density at radius 1 is 1.11 bits per heavy atom. The zero-order valence-corrected chi connectivity index (χ0v) is 17.1. The lowest BCUT2D eigenvalue weighted by atomic mass is 10.0. The molecule has 1 heterocycles. The molecular weight excluding hydrogens is 382 g/mol. The molecule has 9 nitrogen and oxygen atoms in total. The highest BCUT2D eigenvalue weighted by Gasteiger charge is 2.14. The van der Waals surface area contributed by atoms with E-state index in [1.54, 1.807) is 31.4 Å². The topological polar surface area (TPSA) is 124 Å². The van der Waals surface area contributed by atoms with Crippen LogP contribution in [-0.2, 0) is 15.9 Å². The van der Waals surface area contributed by atoms with Crippen LogP contribution in [0.1, 0.15) is 12.6 Å². The van der Waals surface area contributed by atoms with Crippen LogP contribution in [0.2, 0.25) is 5.02 Å². The van der Waals surface area contributed by atoms with Gasteiger partial charge in [0.05, 0.1) is 37.0 Å². The Labute approximate surface area is 169 Å². The Balaban J connectivity index is 2.35. The van der Waals surface area contributed by atoms with Gasteiger partial charge < -0.3 is 20.9 Å². The van der Waals surface area contributed by atoms with Crippen LogP contribution in [-0.4, -0.2) is 55.5 Å². The maximum absolute atomic E-state index is 6.31. The molecule has 152 valence electrons. The number of benzene rings is 1. The maximum Gasteiger partial charge on any atom is 0.222 e. The summed E-state index contributed by atoms with van der Waals surface area (Å²) in [6.07, 6.45) is 0.660. The van der Waals surface area contributed by atoms with Gasteiger partial charge in [0.1, 0.15) is 11.5 Å². The monoisotopic (exact) mass is 407 g/mol. The fraction of sp³-hybridized carbons (Fsp3) is 0.444. The van der Waals surface area contributed by atoms with Gasteiger partial charge >= 0.3 is 0 Å². The van der Waals surface area contributed by atoms with E-state index in [1.165, 1.54) is 0 Å². The molecule has 0 saturated carbocycles. The second-order valence-corrected chi connectivity index (χ2v) is 6.34. The van der Waals surface area contributed by atoms with Crippen LogP contribution < -0.4 is 11.5 Å². The number of anilines is 2. The molecule has 0 amide bonds. The van der Waals surface area contributed by atoms with E-state index in [4.69, 9.17) is 32.5 Å². The Morgan fingerprint density at radius 3 is 2.39 bits per heavy atom. The fourth-order valence-electron chi connectivity index (χ4n) is 2.57. The second-order valence-electron chi connectivity index (χ2n) is 5.94. The second kappa shape index (κ2) is 10.7. The summed E-state index contributed by atoms with van der Waals surface area (Å²) in [6, 6.07) is 5.40. The van der Waals surface area contributed by atoms with Crippen molar-refractivity contribution in [2.75, 3.05) is 52.0 Å². The van der Waals surface area contributed by atoms with E-state index in [2.05, 4.69) is 20.3 Å². The predicted molar refractivity (Wildman–Crippen MR) is 111 cm³/mol. The van der Waals surface area contributed by atoms with E-state index in [1.807, 2.05) is 13.0 Å². The predicted octanol–water partition coefficient (Wildman–Crippen LogP) is 3.12. The number of nitrogens with zero attached hydrogens (tertiary/aromatic N) is 5. The minimum atomic E-state index is 0.152. The van der Waals surface area contributed by atoms with Gasteiger partial charge in [0, 0.05) is 19.8 Å². The first kappa shape index (κ1) is 21.8. The third kappa shape index (κ3) is 5.75. The van der Waals surface area contributed by atoms with Crippen LogP contribution in [0.3, 0.4) is 0 Å². The summed E-state index contributed by atoms with van der Waals surface area (Å²) in [6.45, 7) is 4.19. The van der Waals surface area contributed by atoms with E-state index in [0.717, 1.165) is 16.8 Å². The quantitative estimate of drug-likeness (QED) is 0.457. The summed E-state index contributed by atoms with van der Waals surface area (Å²) >= 11 is 6.31. The molecule has 0 radical (unpaired) electrons. The summed E-state index contributed by atoms with van der Waals surface area (Å²) in [5, 5.41) is 10.8. The zero-order valence-electron chi connectivity index (χ0n) is 16.4. The Kier molecular flexibility index (Phi) is 8.37. The minimum absolute atomic E-state index is 0.152. The Bertz CT molecular complexity index is 809. The summed E-state index contributed by atoms with van der Waals surface area (Å²) in [7, 11) is 3.27. The van der Waals surface area contributed by atoms with Gasteiger partial charge in [-0.3, -0.25) is 5.01 Å². The van der Waals surface area contributed by atoms with Gasteiger partial charge in [0.2, 0.25) is 5.95 Å². The molecule has 0 bridgehead atoms. The molecule has 0 aliphatic heterocycles. The third-order valence-electron chi connectivity index (χ3n) is 3.98. The van der Waals surface area contributed by atoms with E-state index in [-0.39, 0.29) is 5.95 Å². The molecule has 0 unspecified atom stereocenters. The highest BCUT2D eigenvalue weighted by atomic mass is 35.5. The molecule has 0 atom stereocenters. The zero-order chi connectivity index (χ0) is 20.5. The molecule has 0 saturated heterocycles. The van der Waals surface area contributed by atoms with Crippen LogP contribution in [0.25, 0.3) is 11.1 Å². The number of rotatable bonds is 10. The van der Waals surface area contributed by atoms with Crippen molar-refractivity contribution in [1.82, 2.24) is 15.0 Å². The first-order chi connectivity index (χ1) is 13.5. The molecule has 0 aliphatic carbocycles. The van der Waals surface area contributed by atoms with Crippen molar-refractivity contribution in [2.24, 2.45) is 10.3 Å². The first-order valence-electron chi connectivity index (χ1n) is 8.86. The van der Waals surface area contributed by atoms with Crippen LogP contribution in [0.15, 0.2) is 28.5 Å². The number of nitrogen functional groups attached to an aromatic ring is 2. The van der Waals surface area contributed by atoms with E-state index >= 15 is 0 Å². The number of methoxy groups -OCH3 is 2. The standard InChI is InChI=1S/C18H26ClN7O2/c1-4-14-16(17(20)23-18(21)22-14)12-5-6-13(19)15(11-12)24-25-26(7-9-27-2)8-10-28-3/h5-6,11H,4,7-10H2,1-3H3,(H4,20,21,22,23). The number of nitrogens with two attached hydrogens (primary N) is 2. The van der Waals surface area contributed by atoms with Gasteiger partial charge in [-0.25, -0.2) is 4.98 Å². The lowest BCUT2D eigenvalue weighted by molar-refractivity contribution is 0.111. The van der Waals surface area contributed by atoms with Gasteiger partial charge in [-0.15, -0.1) is 5.11 Å². The smallest absolute Gasteiger partial charge is 0.222 e. The largest absolute Gasteiger partial charge is 0.383 e. The third-order valence-corrected chi connectivity index (χ3v) is 4.30. The molecule has 0 aliphatic rings. The number of halogens is 1. The van der Waals surface area contributed by atoms with E-state index < -0.39 is 0 Å². The molecule has 4 N–H and O–H groups in total. The molecule has 0 spiro atoms. The maximum atomic E-state index is 6.31. The fourth-order valence-corrected chi connectivity index (χ4v) is 2.72. The van der Waals surface area contributed by atoms with Crippen LogP contribution in [0.4, 0.5) is 17.5 Å². The van der Waals surface area contributed by atoms with Crippen molar-refractivity contribution in [1.29, 1.82) is 0 Å². The molecule has 1 aromatic heterocycles. The van der Waals surface area contributed by atoms with Crippen molar-refractivity contribution in [2.45, 2.75) is 13.3 Å². The summed E-state index contributed by atoms with van der Waals surface area (Å²) in [5.74, 6) is 0.468. The number of hydrogen-bond donors (Lipinski definition) is 2. The molecule has 2 aromatic rings. The summed E-state index contributed by atoms with van der Waals surface area (Å²) in [4.78, 5) is 8.36. The average Bonchev–Trinajstić information content (AvgIpc) is 2.68. The number of hydrogen-bond acceptors (Lipinski definition) is 8. The SMILES string of the molecule is CCc1nc(N)nc(N)c1-c1ccc(Cl)c(N=NN(CCOC)CCOC)c1. The van der Waals surface area contributed by atoms with Gasteiger partial charge in [0.15, 0.2) is 0 Å². The van der Waals surface area contributed by atoms with Crippen molar-refractivity contribution in [3.63, 3.8) is 0 Å². The van der Waals surface area contributed by atoms with Crippen LogP contribution in [0, 0.1) is 0 Å². The van der Waals surface area contributed by atoms with Crippen molar-refractivity contribution in [3.05, 3.63) is 28.9 Å². The normalized spacial score (nSPS) is 11.3. The van der Waals surface area contributed by atoms with Crippen molar-refractivity contribution >= 4 is 29.1 Å². The van der Waals surface area contributed by atoms with Gasteiger partial charge in [-0.2, -0.15) is 4.98 Å². The lowest BCUT2D eigenvalue weighted by Crippen LogP contribution is -2.25. The number of aromatic nitrogens is 2. The highest BCUT2D eigenvalue weighted by Crippen LogP contribution is 2.35. The lowest BCUT2D eigenvalue weighted by Gasteiger charge is -2.16. The molecular formula is C18H26ClN7O2. The van der Waals surface area contributed by atoms with E-state index in [0.29, 0.717) is 49.3 Å². The van der Waals surface area contributed by atoms with E-state index in [9.17, 15) is 0 Å². The van der Waals surface area contributed by atoms with Gasteiger partial charge in [-0.1, -0.05) is 29.8 Å². The minimum Gasteiger partial charge on any atom is -0.383 e. The van der Waals surface area contributed by atoms with Crippen molar-refractivity contribution < 1.29 is 9.47 Å². The number of ether oxygens (including phenoxy) is 2. The summed E-state index contributed by atoms with van der Waals surface area (Å²) in [5.41, 5.74) is 14.6. The molecule has 1 aromatic carbocycles. The average molecular weight is 408 g/mol. The molecule has 2 rings (SSSR count). The van der Waals surface area contributed by atoms with Crippen molar-refractivity contribution in [3.8, 4) is 11.1 Å².